The van der Waals surface area contributed by atoms with Crippen LogP contribution in [0.3, 0.4) is 0 Å². The van der Waals surface area contributed by atoms with Crippen LogP contribution < -0.4 is 0 Å². The summed E-state index contributed by atoms with van der Waals surface area (Å²) in [7, 11) is 4.21. The molecule has 3 rings (SSSR count). The summed E-state index contributed by atoms with van der Waals surface area (Å²) in [6, 6.07) is 2.63. The zero-order valence-electron chi connectivity index (χ0n) is 11.4. The summed E-state index contributed by atoms with van der Waals surface area (Å²) < 4.78 is 0. The molecule has 0 radical (unpaired) electrons. The van der Waals surface area contributed by atoms with E-state index < -0.39 is 0 Å². The minimum atomic E-state index is 0.430. The van der Waals surface area contributed by atoms with Crippen molar-refractivity contribution in [3.63, 3.8) is 0 Å². The normalized spacial score (nSPS) is 21.6. The van der Waals surface area contributed by atoms with E-state index >= 15 is 0 Å². The Morgan fingerprint density at radius 1 is 1.42 bits per heavy atom. The first-order valence-electron chi connectivity index (χ1n) is 6.63. The summed E-state index contributed by atoms with van der Waals surface area (Å²) in [5.74, 6) is 0. The van der Waals surface area contributed by atoms with E-state index in [9.17, 15) is 0 Å². The molecule has 100 valence electrons. The quantitative estimate of drug-likeness (QED) is 0.840. The summed E-state index contributed by atoms with van der Waals surface area (Å²) >= 11 is 1.76. The topological polar surface area (TPSA) is 18.8 Å². The maximum absolute atomic E-state index is 4.55. The lowest BCUT2D eigenvalue weighted by Gasteiger charge is -2.28. The molecule has 3 nitrogen and oxygen atoms in total. The van der Waals surface area contributed by atoms with Crippen molar-refractivity contribution in [1.82, 2.24) is 9.91 Å². The lowest BCUT2D eigenvalue weighted by Crippen LogP contribution is -2.34. The average Bonchev–Trinajstić information content (AvgIpc) is 3.05. The highest BCUT2D eigenvalue weighted by molar-refractivity contribution is 7.08. The van der Waals surface area contributed by atoms with Gasteiger partial charge in [-0.1, -0.05) is 12.2 Å². The van der Waals surface area contributed by atoms with Gasteiger partial charge in [-0.2, -0.15) is 16.4 Å². The standard InChI is InChI=1S/C15H19N3S/c1-17(2)6-7-18-15-9-12(14-5-8-19-11-14)3-4-13(15)10-16-18/h3-5,8,10-11,15H,6-7,9H2,1-2H3. The van der Waals surface area contributed by atoms with Crippen LogP contribution in [0.2, 0.25) is 0 Å². The van der Waals surface area contributed by atoms with E-state index in [4.69, 9.17) is 0 Å². The number of nitrogens with zero attached hydrogens (tertiary/aromatic N) is 3. The van der Waals surface area contributed by atoms with Gasteiger partial charge in [0.05, 0.1) is 12.3 Å². The molecular formula is C15H19N3S. The number of thiophene rings is 1. The Balaban J connectivity index is 1.73. The molecule has 0 saturated heterocycles. The molecule has 0 bridgehead atoms. The Kier molecular flexibility index (Phi) is 3.53. The largest absolute Gasteiger partial charge is 0.308 e. The minimum absolute atomic E-state index is 0.430. The number of rotatable bonds is 4. The fourth-order valence-electron chi connectivity index (χ4n) is 2.51. The molecule has 1 aliphatic heterocycles. The highest BCUT2D eigenvalue weighted by Gasteiger charge is 2.28. The fraction of sp³-hybridized carbons (Fsp3) is 0.400. The zero-order valence-corrected chi connectivity index (χ0v) is 12.2. The van der Waals surface area contributed by atoms with Gasteiger partial charge >= 0.3 is 0 Å². The van der Waals surface area contributed by atoms with Gasteiger partial charge in [-0.05, 0) is 54.1 Å². The molecule has 4 heteroatoms. The maximum atomic E-state index is 4.55. The SMILES string of the molecule is CN(C)CCN1N=CC2=CC=C(c3ccsc3)CC21. The van der Waals surface area contributed by atoms with Crippen LogP contribution in [-0.4, -0.2) is 49.4 Å². The predicted octanol–water partition coefficient (Wildman–Crippen LogP) is 2.69. The van der Waals surface area contributed by atoms with Gasteiger partial charge in [0, 0.05) is 13.1 Å². The average molecular weight is 273 g/mol. The predicted molar refractivity (Wildman–Crippen MR) is 82.5 cm³/mol. The highest BCUT2D eigenvalue weighted by atomic mass is 32.1. The van der Waals surface area contributed by atoms with Crippen LogP contribution in [0.15, 0.2) is 39.7 Å². The van der Waals surface area contributed by atoms with Crippen LogP contribution in [0.25, 0.3) is 5.57 Å². The third-order valence-corrected chi connectivity index (χ3v) is 4.34. The second-order valence-corrected chi connectivity index (χ2v) is 6.08. The molecule has 1 aromatic heterocycles. The van der Waals surface area contributed by atoms with Crippen molar-refractivity contribution >= 4 is 23.1 Å². The molecule has 19 heavy (non-hydrogen) atoms. The van der Waals surface area contributed by atoms with Crippen LogP contribution in [0.4, 0.5) is 0 Å². The second kappa shape index (κ2) is 5.31. The van der Waals surface area contributed by atoms with E-state index in [1.807, 2.05) is 6.21 Å². The van der Waals surface area contributed by atoms with Gasteiger partial charge in [-0.3, -0.25) is 5.01 Å². The van der Waals surface area contributed by atoms with E-state index in [-0.39, 0.29) is 0 Å². The Bertz CT molecular complexity index is 526. The second-order valence-electron chi connectivity index (χ2n) is 5.30. The molecule has 0 amide bonds. The molecule has 0 N–H and O–H groups in total. The summed E-state index contributed by atoms with van der Waals surface area (Å²) in [5, 5.41) is 11.1. The monoisotopic (exact) mass is 273 g/mol. The summed E-state index contributed by atoms with van der Waals surface area (Å²) in [6.45, 7) is 2.03. The molecule has 2 aliphatic rings. The van der Waals surface area contributed by atoms with Crippen LogP contribution in [0, 0.1) is 0 Å². The van der Waals surface area contributed by atoms with Gasteiger partial charge in [-0.15, -0.1) is 0 Å². The highest BCUT2D eigenvalue weighted by Crippen LogP contribution is 2.32. The van der Waals surface area contributed by atoms with Crippen molar-refractivity contribution < 1.29 is 0 Å². The van der Waals surface area contributed by atoms with Crippen molar-refractivity contribution in [2.75, 3.05) is 27.2 Å². The van der Waals surface area contributed by atoms with E-state index in [0.717, 1.165) is 19.5 Å². The van der Waals surface area contributed by atoms with Gasteiger partial charge in [0.1, 0.15) is 0 Å². The molecule has 1 atom stereocenters. The van der Waals surface area contributed by atoms with Gasteiger partial charge < -0.3 is 4.90 Å². The van der Waals surface area contributed by atoms with E-state index in [2.05, 4.69) is 58.1 Å². The first kappa shape index (κ1) is 12.6. The number of fused-ring (bicyclic) bond motifs is 1. The van der Waals surface area contributed by atoms with Crippen molar-refractivity contribution in [2.24, 2.45) is 5.10 Å². The van der Waals surface area contributed by atoms with Crippen molar-refractivity contribution in [1.29, 1.82) is 0 Å². The molecule has 1 aromatic rings. The van der Waals surface area contributed by atoms with Crippen molar-refractivity contribution in [3.8, 4) is 0 Å². The number of allylic oxidation sites excluding steroid dienone is 2. The molecule has 0 saturated carbocycles. The number of likely N-dealkylation sites (N-methyl/N-ethyl adjacent to an activating group) is 1. The van der Waals surface area contributed by atoms with Gasteiger partial charge in [-0.25, -0.2) is 0 Å². The van der Waals surface area contributed by atoms with E-state index in [0.29, 0.717) is 6.04 Å². The van der Waals surface area contributed by atoms with E-state index in [1.165, 1.54) is 16.7 Å². The van der Waals surface area contributed by atoms with E-state index in [1.54, 1.807) is 11.3 Å². The molecule has 1 aliphatic carbocycles. The van der Waals surface area contributed by atoms with Gasteiger partial charge in [0.2, 0.25) is 0 Å². The third-order valence-electron chi connectivity index (χ3n) is 3.66. The molecule has 2 heterocycles. The zero-order chi connectivity index (χ0) is 13.2. The van der Waals surface area contributed by atoms with Crippen LogP contribution in [-0.2, 0) is 0 Å². The minimum Gasteiger partial charge on any atom is -0.308 e. The van der Waals surface area contributed by atoms with Gasteiger partial charge in [0.25, 0.3) is 0 Å². The van der Waals surface area contributed by atoms with Crippen LogP contribution in [0.5, 0.6) is 0 Å². The Morgan fingerprint density at radius 3 is 3.05 bits per heavy atom. The lowest BCUT2D eigenvalue weighted by molar-refractivity contribution is 0.224. The Morgan fingerprint density at radius 2 is 2.32 bits per heavy atom. The molecule has 0 aromatic carbocycles. The number of hydrazone groups is 1. The lowest BCUT2D eigenvalue weighted by atomic mass is 9.91. The van der Waals surface area contributed by atoms with Crippen molar-refractivity contribution in [2.45, 2.75) is 12.5 Å². The maximum Gasteiger partial charge on any atom is 0.0776 e. The Hall–Kier alpha value is -1.39. The van der Waals surface area contributed by atoms with Crippen LogP contribution >= 0.6 is 11.3 Å². The number of hydrogen-bond donors (Lipinski definition) is 0. The molecule has 0 fully saturated rings. The summed E-state index contributed by atoms with van der Waals surface area (Å²) in [4.78, 5) is 2.20. The third kappa shape index (κ3) is 2.65. The molecule has 1 unspecified atom stereocenters. The van der Waals surface area contributed by atoms with Crippen molar-refractivity contribution in [3.05, 3.63) is 40.1 Å². The Labute approximate surface area is 118 Å². The summed E-state index contributed by atoms with van der Waals surface area (Å²) in [5.41, 5.74) is 4.13. The number of hydrogen-bond acceptors (Lipinski definition) is 4. The van der Waals surface area contributed by atoms with Gasteiger partial charge in [0.15, 0.2) is 0 Å². The molecule has 0 spiro atoms. The first-order valence-corrected chi connectivity index (χ1v) is 7.57. The molecular weight excluding hydrogens is 254 g/mol. The fourth-order valence-corrected chi connectivity index (χ4v) is 3.19. The smallest absolute Gasteiger partial charge is 0.0776 e. The van der Waals surface area contributed by atoms with Crippen LogP contribution in [0.1, 0.15) is 12.0 Å². The first-order chi connectivity index (χ1) is 9.24. The summed E-state index contributed by atoms with van der Waals surface area (Å²) in [6.07, 6.45) is 7.55.